The molecule has 5 rings (SSSR count). The van der Waals surface area contributed by atoms with Gasteiger partial charge in [-0.2, -0.15) is 5.10 Å². The third-order valence-corrected chi connectivity index (χ3v) is 6.86. The van der Waals surface area contributed by atoms with E-state index < -0.39 is 11.8 Å². The first-order valence-electron chi connectivity index (χ1n) is 11.4. The van der Waals surface area contributed by atoms with Gasteiger partial charge in [0.15, 0.2) is 0 Å². The number of nitrogens with zero attached hydrogens (tertiary/aromatic N) is 4. The zero-order valence-corrected chi connectivity index (χ0v) is 19.0. The monoisotopic (exact) mass is 447 g/mol. The van der Waals surface area contributed by atoms with E-state index in [1.54, 1.807) is 11.1 Å². The number of aromatic amines is 1. The molecule has 0 saturated carbocycles. The second-order valence-electron chi connectivity index (χ2n) is 9.34. The van der Waals surface area contributed by atoms with Gasteiger partial charge >= 0.3 is 11.8 Å². The summed E-state index contributed by atoms with van der Waals surface area (Å²) in [5, 5.41) is 10.1. The molecule has 33 heavy (non-hydrogen) atoms. The summed E-state index contributed by atoms with van der Waals surface area (Å²) in [6.07, 6.45) is 5.88. The molecule has 4 N–H and O–H groups in total. The van der Waals surface area contributed by atoms with Crippen molar-refractivity contribution in [2.45, 2.75) is 38.8 Å². The first-order chi connectivity index (χ1) is 15.9. The number of anilines is 2. The number of nitrogens with two attached hydrogens (primary N) is 1. The van der Waals surface area contributed by atoms with Crippen LogP contribution in [0.2, 0.25) is 0 Å². The van der Waals surface area contributed by atoms with Crippen LogP contribution < -0.4 is 11.1 Å². The van der Waals surface area contributed by atoms with Crippen LogP contribution in [0, 0.1) is 5.92 Å². The van der Waals surface area contributed by atoms with Gasteiger partial charge in [0.2, 0.25) is 0 Å². The average molecular weight is 448 g/mol. The highest BCUT2D eigenvalue weighted by atomic mass is 16.2. The second kappa shape index (κ2) is 8.47. The fraction of sp³-hybridized carbons (Fsp3) is 0.417. The molecule has 2 aromatic heterocycles. The van der Waals surface area contributed by atoms with Gasteiger partial charge in [-0.1, -0.05) is 25.1 Å². The molecule has 0 aliphatic carbocycles. The van der Waals surface area contributed by atoms with Gasteiger partial charge in [0.1, 0.15) is 5.82 Å². The molecule has 2 atom stereocenters. The smallest absolute Gasteiger partial charge is 0.314 e. The second-order valence-corrected chi connectivity index (χ2v) is 9.34. The topological polar surface area (TPSA) is 120 Å². The van der Waals surface area contributed by atoms with Gasteiger partial charge in [0.05, 0.1) is 35.0 Å². The highest BCUT2D eigenvalue weighted by Crippen LogP contribution is 2.35. The van der Waals surface area contributed by atoms with Crippen molar-refractivity contribution in [3.63, 3.8) is 0 Å². The highest BCUT2D eigenvalue weighted by molar-refractivity contribution is 6.40. The molecule has 1 saturated heterocycles. The lowest BCUT2D eigenvalue weighted by atomic mass is 9.87. The zero-order valence-electron chi connectivity index (χ0n) is 19.0. The number of hydrogen-bond donors (Lipinski definition) is 3. The summed E-state index contributed by atoms with van der Waals surface area (Å²) in [5.74, 6) is -0.578. The summed E-state index contributed by atoms with van der Waals surface area (Å²) < 4.78 is 0. The number of aromatic nitrogens is 3. The van der Waals surface area contributed by atoms with Crippen LogP contribution in [0.15, 0.2) is 30.6 Å². The van der Waals surface area contributed by atoms with Gasteiger partial charge in [0, 0.05) is 19.6 Å². The average Bonchev–Trinajstić information content (AvgIpc) is 3.31. The van der Waals surface area contributed by atoms with Gasteiger partial charge in [-0.15, -0.1) is 0 Å². The van der Waals surface area contributed by atoms with Crippen molar-refractivity contribution in [2.24, 2.45) is 5.92 Å². The van der Waals surface area contributed by atoms with Crippen LogP contribution in [0.4, 0.5) is 11.5 Å². The van der Waals surface area contributed by atoms with E-state index >= 15 is 0 Å². The number of carbonyl (C=O) groups excluding carboxylic acids is 2. The fourth-order valence-corrected chi connectivity index (χ4v) is 5.00. The van der Waals surface area contributed by atoms with E-state index in [1.165, 1.54) is 17.3 Å². The first kappa shape index (κ1) is 21.4. The lowest BCUT2D eigenvalue weighted by Crippen LogP contribution is -2.46. The summed E-state index contributed by atoms with van der Waals surface area (Å²) in [7, 11) is 2.13. The molecule has 2 aliphatic rings. The van der Waals surface area contributed by atoms with Crippen molar-refractivity contribution in [1.82, 2.24) is 25.0 Å². The maximum Gasteiger partial charge on any atom is 0.314 e. The number of nitrogens with one attached hydrogen (secondary N) is 2. The molecule has 1 aromatic carbocycles. The van der Waals surface area contributed by atoms with E-state index in [9.17, 15) is 9.59 Å². The lowest BCUT2D eigenvalue weighted by molar-refractivity contribution is -0.146. The van der Waals surface area contributed by atoms with Crippen LogP contribution >= 0.6 is 0 Å². The minimum atomic E-state index is -0.686. The van der Waals surface area contributed by atoms with Gasteiger partial charge < -0.3 is 20.9 Å². The van der Waals surface area contributed by atoms with Crippen molar-refractivity contribution in [1.29, 1.82) is 0 Å². The molecule has 3 aromatic rings. The lowest BCUT2D eigenvalue weighted by Gasteiger charge is -2.39. The van der Waals surface area contributed by atoms with E-state index in [2.05, 4.69) is 57.6 Å². The molecule has 4 heterocycles. The molecule has 2 aliphatic heterocycles. The summed E-state index contributed by atoms with van der Waals surface area (Å²) >= 11 is 0. The fourth-order valence-electron chi connectivity index (χ4n) is 5.00. The Labute approximate surface area is 192 Å². The Kier molecular flexibility index (Phi) is 5.49. The Morgan fingerprint density at radius 2 is 2.06 bits per heavy atom. The summed E-state index contributed by atoms with van der Waals surface area (Å²) in [6.45, 7) is 4.63. The Bertz CT molecular complexity index is 1220. The Morgan fingerprint density at radius 1 is 1.21 bits per heavy atom. The molecule has 9 heteroatoms. The van der Waals surface area contributed by atoms with E-state index in [-0.39, 0.29) is 6.04 Å². The van der Waals surface area contributed by atoms with E-state index in [0.717, 1.165) is 37.9 Å². The van der Waals surface area contributed by atoms with Gasteiger partial charge in [-0.25, -0.2) is 4.98 Å². The number of fused-ring (bicyclic) bond motifs is 2. The number of pyridine rings is 1. The van der Waals surface area contributed by atoms with Crippen LogP contribution in [0.25, 0.3) is 10.9 Å². The number of hydrogen-bond acceptors (Lipinski definition) is 6. The standard InChI is InChI=1S/C24H29N7O2/c1-14-3-6-20(16-5-4-15-7-8-30(2)13-17(15)9-16)31(12-14)24(33)23(32)28-19-11-26-22(25)18-10-27-29-21(18)19/h4-5,9-11,14,20H,3,6-8,12-13H2,1-2H3,(H2,25,26)(H,27,29)(H,28,32)/t14-,20+/m0/s1. The molecule has 9 nitrogen and oxygen atoms in total. The number of benzene rings is 1. The van der Waals surface area contributed by atoms with Crippen molar-refractivity contribution < 1.29 is 9.59 Å². The van der Waals surface area contributed by atoms with Crippen LogP contribution in [-0.4, -0.2) is 56.9 Å². The predicted octanol–water partition coefficient (Wildman–Crippen LogP) is 2.47. The minimum Gasteiger partial charge on any atom is -0.383 e. The van der Waals surface area contributed by atoms with Crippen molar-refractivity contribution in [3.05, 3.63) is 47.3 Å². The first-order valence-corrected chi connectivity index (χ1v) is 11.4. The van der Waals surface area contributed by atoms with Crippen molar-refractivity contribution in [2.75, 3.05) is 31.2 Å². The quantitative estimate of drug-likeness (QED) is 0.519. The largest absolute Gasteiger partial charge is 0.383 e. The molecular weight excluding hydrogens is 418 g/mol. The molecule has 0 bridgehead atoms. The molecule has 1 fully saturated rings. The molecular formula is C24H29N7O2. The van der Waals surface area contributed by atoms with Crippen molar-refractivity contribution >= 4 is 34.2 Å². The van der Waals surface area contributed by atoms with Gasteiger partial charge in [-0.05, 0) is 48.9 Å². The molecule has 172 valence electrons. The maximum atomic E-state index is 13.3. The van der Waals surface area contributed by atoms with E-state index in [1.807, 2.05) is 0 Å². The minimum absolute atomic E-state index is 0.117. The Hall–Kier alpha value is -3.46. The number of rotatable bonds is 2. The molecule has 0 radical (unpaired) electrons. The van der Waals surface area contributed by atoms with Crippen molar-refractivity contribution in [3.8, 4) is 0 Å². The van der Waals surface area contributed by atoms with Crippen LogP contribution in [-0.2, 0) is 22.6 Å². The number of carbonyl (C=O) groups is 2. The van der Waals surface area contributed by atoms with E-state index in [0.29, 0.717) is 34.9 Å². The maximum absolute atomic E-state index is 13.3. The number of H-pyrrole nitrogens is 1. The molecule has 2 amide bonds. The van der Waals surface area contributed by atoms with Crippen LogP contribution in [0.1, 0.15) is 42.5 Å². The number of piperidine rings is 1. The van der Waals surface area contributed by atoms with Crippen LogP contribution in [0.3, 0.4) is 0 Å². The number of likely N-dealkylation sites (tertiary alicyclic amines) is 1. The Balaban J connectivity index is 1.40. The summed E-state index contributed by atoms with van der Waals surface area (Å²) in [5.41, 5.74) is 10.6. The van der Waals surface area contributed by atoms with Crippen LogP contribution in [0.5, 0.6) is 0 Å². The molecule has 0 unspecified atom stereocenters. The normalized spacial score (nSPS) is 21.1. The summed E-state index contributed by atoms with van der Waals surface area (Å²) in [6, 6.07) is 6.42. The predicted molar refractivity (Wildman–Crippen MR) is 126 cm³/mol. The zero-order chi connectivity index (χ0) is 23.1. The highest BCUT2D eigenvalue weighted by Gasteiger charge is 2.35. The molecule has 0 spiro atoms. The number of amides is 2. The van der Waals surface area contributed by atoms with Gasteiger partial charge in [-0.3, -0.25) is 14.7 Å². The third kappa shape index (κ3) is 4.04. The van der Waals surface area contributed by atoms with E-state index in [4.69, 9.17) is 5.73 Å². The third-order valence-electron chi connectivity index (χ3n) is 6.86. The van der Waals surface area contributed by atoms with Gasteiger partial charge in [0.25, 0.3) is 0 Å². The SMILES string of the molecule is C[C@H]1CC[C@H](c2ccc3c(c2)CN(C)CC3)N(C(=O)C(=O)Nc2cnc(N)c3cn[nH]c23)C1. The number of nitrogen functional groups attached to an aromatic ring is 1. The number of likely N-dealkylation sites (N-methyl/N-ethyl adjacent to an activating group) is 1. The summed E-state index contributed by atoms with van der Waals surface area (Å²) in [4.78, 5) is 34.5. The Morgan fingerprint density at radius 3 is 2.91 bits per heavy atom.